The minimum absolute atomic E-state index is 0.126. The van der Waals surface area contributed by atoms with Crippen LogP contribution in [0.15, 0.2) is 21.5 Å². The number of furan rings is 1. The lowest BCUT2D eigenvalue weighted by Gasteiger charge is -2.31. The lowest BCUT2D eigenvalue weighted by Crippen LogP contribution is -2.51. The molecule has 0 radical (unpaired) electrons. The number of rotatable bonds is 5. The van der Waals surface area contributed by atoms with Gasteiger partial charge in [-0.05, 0) is 25.5 Å². The molecule has 2 heterocycles. The Kier molecular flexibility index (Phi) is 5.61. The fourth-order valence-electron chi connectivity index (χ4n) is 2.40. The number of nitrogens with two attached hydrogens (primary N) is 1. The van der Waals surface area contributed by atoms with Crippen LogP contribution < -0.4 is 16.4 Å². The van der Waals surface area contributed by atoms with Crippen LogP contribution in [0.4, 0.5) is 0 Å². The number of hydrogen-bond acceptors (Lipinski definition) is 4. The summed E-state index contributed by atoms with van der Waals surface area (Å²) < 4.78 is 5.30. The molecule has 0 saturated carbocycles. The molecule has 1 aromatic heterocycles. The standard InChI is InChI=1S/C15H23N5O3/c1-3-17-15(19-10-4-7-13(21)20(2)9-10)18-8-11-5-6-12(23-11)14(16)22/h5-6,10H,3-4,7-9H2,1-2H3,(H2,16,22)(H2,17,18,19). The number of nitrogens with zero attached hydrogens (tertiary/aromatic N) is 2. The van der Waals surface area contributed by atoms with Crippen LogP contribution in [0.5, 0.6) is 0 Å². The van der Waals surface area contributed by atoms with Crippen LogP contribution in [0.25, 0.3) is 0 Å². The number of likely N-dealkylation sites (tertiary alicyclic amines) is 1. The second-order valence-electron chi connectivity index (χ2n) is 5.48. The maximum atomic E-state index is 11.5. The smallest absolute Gasteiger partial charge is 0.284 e. The highest BCUT2D eigenvalue weighted by atomic mass is 16.3. The summed E-state index contributed by atoms with van der Waals surface area (Å²) >= 11 is 0. The Labute approximate surface area is 135 Å². The summed E-state index contributed by atoms with van der Waals surface area (Å²) in [5.74, 6) is 0.907. The van der Waals surface area contributed by atoms with Crippen LogP contribution in [0, 0.1) is 0 Å². The fourth-order valence-corrected chi connectivity index (χ4v) is 2.40. The Morgan fingerprint density at radius 3 is 2.91 bits per heavy atom. The highest BCUT2D eigenvalue weighted by molar-refractivity contribution is 5.89. The number of likely N-dealkylation sites (N-methyl/N-ethyl adjacent to an activating group) is 1. The Balaban J connectivity index is 1.96. The van der Waals surface area contributed by atoms with Crippen LogP contribution in [0.2, 0.25) is 0 Å². The monoisotopic (exact) mass is 321 g/mol. The molecule has 2 rings (SSSR count). The van der Waals surface area contributed by atoms with E-state index in [0.717, 1.165) is 13.0 Å². The summed E-state index contributed by atoms with van der Waals surface area (Å²) in [5, 5.41) is 6.48. The number of guanidine groups is 1. The molecule has 1 atom stereocenters. The van der Waals surface area contributed by atoms with Gasteiger partial charge in [0, 0.05) is 32.6 Å². The van der Waals surface area contributed by atoms with E-state index in [4.69, 9.17) is 10.2 Å². The number of aliphatic imine (C=N–C) groups is 1. The molecule has 1 aromatic rings. The Hall–Kier alpha value is -2.51. The van der Waals surface area contributed by atoms with Crippen LogP contribution in [0.3, 0.4) is 0 Å². The Morgan fingerprint density at radius 2 is 2.30 bits per heavy atom. The summed E-state index contributed by atoms with van der Waals surface area (Å²) in [6, 6.07) is 3.38. The summed E-state index contributed by atoms with van der Waals surface area (Å²) in [7, 11) is 1.80. The molecule has 0 bridgehead atoms. The minimum Gasteiger partial charge on any atom is -0.454 e. The topological polar surface area (TPSA) is 113 Å². The molecule has 1 aliphatic rings. The van der Waals surface area contributed by atoms with Crippen molar-refractivity contribution in [3.05, 3.63) is 23.7 Å². The first-order valence-electron chi connectivity index (χ1n) is 7.67. The number of carbonyl (C=O) groups is 2. The van der Waals surface area contributed by atoms with E-state index in [1.54, 1.807) is 18.0 Å². The Bertz CT molecular complexity index is 596. The molecule has 2 amide bonds. The normalized spacial score (nSPS) is 18.9. The third-order valence-corrected chi connectivity index (χ3v) is 3.61. The third-order valence-electron chi connectivity index (χ3n) is 3.61. The van der Waals surface area contributed by atoms with Gasteiger partial charge in [-0.1, -0.05) is 0 Å². The van der Waals surface area contributed by atoms with Gasteiger partial charge in [-0.3, -0.25) is 9.59 Å². The molecule has 8 heteroatoms. The van der Waals surface area contributed by atoms with E-state index in [1.165, 1.54) is 6.07 Å². The summed E-state index contributed by atoms with van der Waals surface area (Å²) in [4.78, 5) is 28.7. The SMILES string of the molecule is CCNC(=NCc1ccc(C(N)=O)o1)NC1CCC(=O)N(C)C1. The summed E-state index contributed by atoms with van der Waals surface area (Å²) in [6.45, 7) is 3.64. The van der Waals surface area contributed by atoms with E-state index in [2.05, 4.69) is 15.6 Å². The number of nitrogens with one attached hydrogen (secondary N) is 2. The quantitative estimate of drug-likeness (QED) is 0.524. The summed E-state index contributed by atoms with van der Waals surface area (Å²) in [5.41, 5.74) is 5.15. The molecule has 1 unspecified atom stereocenters. The van der Waals surface area contributed by atoms with E-state index in [9.17, 15) is 9.59 Å². The number of primary amides is 1. The van der Waals surface area contributed by atoms with Gasteiger partial charge in [0.2, 0.25) is 5.91 Å². The van der Waals surface area contributed by atoms with Crippen LogP contribution in [0.1, 0.15) is 36.1 Å². The average Bonchev–Trinajstić information content (AvgIpc) is 2.98. The molecule has 4 N–H and O–H groups in total. The third kappa shape index (κ3) is 4.73. The summed E-state index contributed by atoms with van der Waals surface area (Å²) in [6.07, 6.45) is 1.31. The van der Waals surface area contributed by atoms with Gasteiger partial charge in [0.15, 0.2) is 11.7 Å². The van der Waals surface area contributed by atoms with Gasteiger partial charge in [-0.15, -0.1) is 0 Å². The molecular formula is C15H23N5O3. The number of piperidine rings is 1. The van der Waals surface area contributed by atoms with Crippen molar-refractivity contribution < 1.29 is 14.0 Å². The predicted octanol–water partition coefficient (Wildman–Crippen LogP) is 0.0544. The van der Waals surface area contributed by atoms with Gasteiger partial charge in [-0.25, -0.2) is 4.99 Å². The van der Waals surface area contributed by atoms with E-state index >= 15 is 0 Å². The highest BCUT2D eigenvalue weighted by Gasteiger charge is 2.23. The van der Waals surface area contributed by atoms with Crippen molar-refractivity contribution in [1.29, 1.82) is 0 Å². The molecule has 0 aromatic carbocycles. The van der Waals surface area contributed by atoms with Crippen molar-refractivity contribution in [3.63, 3.8) is 0 Å². The molecule has 0 spiro atoms. The van der Waals surface area contributed by atoms with Crippen molar-refractivity contribution in [2.24, 2.45) is 10.7 Å². The van der Waals surface area contributed by atoms with Gasteiger partial charge < -0.3 is 25.7 Å². The molecule has 1 saturated heterocycles. The zero-order chi connectivity index (χ0) is 16.8. The van der Waals surface area contributed by atoms with Gasteiger partial charge in [0.1, 0.15) is 12.3 Å². The lowest BCUT2D eigenvalue weighted by molar-refractivity contribution is -0.132. The van der Waals surface area contributed by atoms with E-state index < -0.39 is 5.91 Å². The van der Waals surface area contributed by atoms with Crippen molar-refractivity contribution >= 4 is 17.8 Å². The fraction of sp³-hybridized carbons (Fsp3) is 0.533. The molecule has 1 aliphatic heterocycles. The van der Waals surface area contributed by atoms with E-state index in [-0.39, 0.29) is 17.7 Å². The molecule has 8 nitrogen and oxygen atoms in total. The molecule has 1 fully saturated rings. The van der Waals surface area contributed by atoms with Gasteiger partial charge in [0.05, 0.1) is 0 Å². The first kappa shape index (κ1) is 16.9. The maximum absolute atomic E-state index is 11.5. The zero-order valence-corrected chi connectivity index (χ0v) is 13.5. The molecule has 0 aliphatic carbocycles. The first-order valence-corrected chi connectivity index (χ1v) is 7.67. The predicted molar refractivity (Wildman–Crippen MR) is 85.8 cm³/mol. The Morgan fingerprint density at radius 1 is 1.52 bits per heavy atom. The van der Waals surface area contributed by atoms with Gasteiger partial charge in [0.25, 0.3) is 5.91 Å². The first-order chi connectivity index (χ1) is 11.0. The highest BCUT2D eigenvalue weighted by Crippen LogP contribution is 2.10. The van der Waals surface area contributed by atoms with Crippen molar-refractivity contribution in [2.75, 3.05) is 20.1 Å². The largest absolute Gasteiger partial charge is 0.454 e. The number of hydrogen-bond donors (Lipinski definition) is 3. The second-order valence-corrected chi connectivity index (χ2v) is 5.48. The number of carbonyl (C=O) groups excluding carboxylic acids is 2. The number of amides is 2. The molecule has 23 heavy (non-hydrogen) atoms. The van der Waals surface area contributed by atoms with Crippen LogP contribution in [-0.4, -0.2) is 48.9 Å². The zero-order valence-electron chi connectivity index (χ0n) is 13.5. The van der Waals surface area contributed by atoms with Gasteiger partial charge in [-0.2, -0.15) is 0 Å². The van der Waals surface area contributed by atoms with Gasteiger partial charge >= 0.3 is 0 Å². The van der Waals surface area contributed by atoms with Crippen molar-refractivity contribution in [2.45, 2.75) is 32.4 Å². The van der Waals surface area contributed by atoms with E-state index in [0.29, 0.717) is 31.2 Å². The van der Waals surface area contributed by atoms with E-state index in [1.807, 2.05) is 6.92 Å². The lowest BCUT2D eigenvalue weighted by atomic mass is 10.1. The minimum atomic E-state index is -0.597. The maximum Gasteiger partial charge on any atom is 0.284 e. The van der Waals surface area contributed by atoms with Crippen LogP contribution >= 0.6 is 0 Å². The van der Waals surface area contributed by atoms with Crippen molar-refractivity contribution in [1.82, 2.24) is 15.5 Å². The van der Waals surface area contributed by atoms with Crippen LogP contribution in [-0.2, 0) is 11.3 Å². The second kappa shape index (κ2) is 7.66. The van der Waals surface area contributed by atoms with Crippen molar-refractivity contribution in [3.8, 4) is 0 Å². The molecular weight excluding hydrogens is 298 g/mol. The average molecular weight is 321 g/mol. The molecule has 126 valence electrons.